The van der Waals surface area contributed by atoms with E-state index in [4.69, 9.17) is 38.4 Å². The lowest BCUT2D eigenvalue weighted by Crippen LogP contribution is -2.47. The number of aryl methyl sites for hydroxylation is 1. The monoisotopic (exact) mass is 748 g/mol. The molecule has 7 heterocycles. The van der Waals surface area contributed by atoms with Gasteiger partial charge >= 0.3 is 0 Å². The smallest absolute Gasteiger partial charge is 0.190 e. The van der Waals surface area contributed by atoms with Crippen LogP contribution in [0.5, 0.6) is 0 Å². The molecule has 10 nitrogen and oxygen atoms in total. The maximum Gasteiger partial charge on any atom is 0.190 e. The highest BCUT2D eigenvalue weighted by Gasteiger charge is 2.37. The lowest BCUT2D eigenvalue weighted by atomic mass is 9.93. The van der Waals surface area contributed by atoms with Crippen LogP contribution in [0.4, 0.5) is 10.2 Å². The van der Waals surface area contributed by atoms with Crippen molar-refractivity contribution in [1.29, 1.82) is 0 Å². The third-order valence-corrected chi connectivity index (χ3v) is 13.0. The number of aromatic nitrogens is 5. The molecule has 2 aromatic carbocycles. The Morgan fingerprint density at radius 1 is 1.06 bits per heavy atom. The van der Waals surface area contributed by atoms with Crippen molar-refractivity contribution in [3.05, 3.63) is 35.8 Å². The number of halogens is 1. The molecule has 268 valence electrons. The molecule has 2 unspecified atom stereocenters. The molecule has 3 saturated heterocycles. The SMILES string of the molecule is CCc1c(F)ccc2cc3c(cnn3C3CCCCO3)c(-c3nsc4c3sc3nc(SC)nc(N5CCOC[C@@](C)(OC6CCCCO6)C5)c34)c12. The summed E-state index contributed by atoms with van der Waals surface area (Å²) < 4.78 is 49.7. The van der Waals surface area contributed by atoms with Gasteiger partial charge in [0.05, 0.1) is 46.3 Å². The van der Waals surface area contributed by atoms with Crippen LogP contribution in [0.3, 0.4) is 0 Å². The average molecular weight is 749 g/mol. The summed E-state index contributed by atoms with van der Waals surface area (Å²) in [6.45, 7) is 7.86. The lowest BCUT2D eigenvalue weighted by Gasteiger charge is -2.37. The Labute approximate surface area is 307 Å². The maximum atomic E-state index is 15.6. The van der Waals surface area contributed by atoms with Crippen LogP contribution in [0, 0.1) is 5.82 Å². The van der Waals surface area contributed by atoms with Crippen molar-refractivity contribution in [1.82, 2.24) is 24.1 Å². The van der Waals surface area contributed by atoms with Gasteiger partial charge in [-0.2, -0.15) is 9.47 Å². The maximum absolute atomic E-state index is 15.6. The highest BCUT2D eigenvalue weighted by atomic mass is 32.2. The van der Waals surface area contributed by atoms with Gasteiger partial charge in [0.25, 0.3) is 0 Å². The third kappa shape index (κ3) is 6.00. The minimum Gasteiger partial charge on any atom is -0.377 e. The molecule has 3 fully saturated rings. The number of benzene rings is 2. The van der Waals surface area contributed by atoms with Crippen molar-refractivity contribution >= 4 is 81.7 Å². The number of rotatable bonds is 7. The van der Waals surface area contributed by atoms with E-state index in [2.05, 4.69) is 17.9 Å². The molecule has 51 heavy (non-hydrogen) atoms. The molecule has 0 radical (unpaired) electrons. The number of thioether (sulfide) groups is 1. The van der Waals surface area contributed by atoms with E-state index in [0.29, 0.717) is 43.4 Å². The first-order chi connectivity index (χ1) is 24.9. The van der Waals surface area contributed by atoms with Gasteiger partial charge in [-0.05, 0) is 98.1 Å². The first-order valence-electron chi connectivity index (χ1n) is 17.9. The van der Waals surface area contributed by atoms with Gasteiger partial charge in [-0.3, -0.25) is 0 Å². The molecule has 0 amide bonds. The fourth-order valence-corrected chi connectivity index (χ4v) is 10.6. The zero-order chi connectivity index (χ0) is 34.7. The second-order valence-electron chi connectivity index (χ2n) is 13.9. The van der Waals surface area contributed by atoms with Gasteiger partial charge in [0.15, 0.2) is 17.7 Å². The zero-order valence-corrected chi connectivity index (χ0v) is 31.5. The van der Waals surface area contributed by atoms with Crippen LogP contribution in [-0.4, -0.2) is 81.8 Å². The second kappa shape index (κ2) is 13.8. The summed E-state index contributed by atoms with van der Waals surface area (Å²) in [5.74, 6) is 0.655. The molecule has 0 spiro atoms. The third-order valence-electron chi connectivity index (χ3n) is 10.3. The largest absolute Gasteiger partial charge is 0.377 e. The van der Waals surface area contributed by atoms with Gasteiger partial charge in [0.1, 0.15) is 27.8 Å². The van der Waals surface area contributed by atoms with Gasteiger partial charge in [0, 0.05) is 30.7 Å². The summed E-state index contributed by atoms with van der Waals surface area (Å²) >= 11 is 4.62. The predicted molar refractivity (Wildman–Crippen MR) is 203 cm³/mol. The topological polar surface area (TPSA) is 96.7 Å². The second-order valence-corrected chi connectivity index (χ2v) is 16.5. The first-order valence-corrected chi connectivity index (χ1v) is 20.8. The van der Waals surface area contributed by atoms with E-state index in [9.17, 15) is 0 Å². The minimum atomic E-state index is -0.583. The number of anilines is 1. The molecule has 0 N–H and O–H groups in total. The van der Waals surface area contributed by atoms with Crippen molar-refractivity contribution in [3.63, 3.8) is 0 Å². The molecule has 9 rings (SSSR count). The van der Waals surface area contributed by atoms with Crippen LogP contribution in [-0.2, 0) is 25.4 Å². The van der Waals surface area contributed by atoms with E-state index in [1.807, 2.05) is 30.1 Å². The van der Waals surface area contributed by atoms with Gasteiger partial charge in [-0.25, -0.2) is 19.0 Å². The number of thiophene rings is 1. The average Bonchev–Trinajstić information content (AvgIpc) is 3.82. The summed E-state index contributed by atoms with van der Waals surface area (Å²) in [5, 5.41) is 9.38. The number of hydrogen-bond donors (Lipinski definition) is 0. The van der Waals surface area contributed by atoms with Crippen LogP contribution in [0.1, 0.15) is 64.2 Å². The predicted octanol–water partition coefficient (Wildman–Crippen LogP) is 8.73. The van der Waals surface area contributed by atoms with E-state index in [-0.39, 0.29) is 18.3 Å². The zero-order valence-electron chi connectivity index (χ0n) is 29.1. The van der Waals surface area contributed by atoms with Crippen molar-refractivity contribution in [2.24, 2.45) is 0 Å². The number of nitrogens with zero attached hydrogens (tertiary/aromatic N) is 6. The standard InChI is InChI=1S/C37H41FN6O4S3/c1-4-22-24(38)12-11-21-17-25-23(18-39-44(25)26-9-5-7-14-46-26)29(28(21)22)31-33-32(51-42-31)30-34(40-36(49-3)41-35(30)50-33)43-13-16-45-20-37(2,19-43)48-27-10-6-8-15-47-27/h11-12,17-18,26-27H,4-10,13-16,19-20H2,1-3H3/t26?,27?,37-/m0/s1. The molecule has 3 aliphatic heterocycles. The van der Waals surface area contributed by atoms with Crippen molar-refractivity contribution in [2.45, 2.75) is 82.1 Å². The highest BCUT2D eigenvalue weighted by Crippen LogP contribution is 2.49. The normalized spacial score (nSPS) is 23.6. The fourth-order valence-electron chi connectivity index (χ4n) is 7.94. The molecular formula is C37H41FN6O4S3. The Morgan fingerprint density at radius 2 is 1.92 bits per heavy atom. The van der Waals surface area contributed by atoms with Crippen molar-refractivity contribution < 1.29 is 23.3 Å². The van der Waals surface area contributed by atoms with E-state index in [1.54, 1.807) is 17.4 Å². The number of ether oxygens (including phenoxy) is 4. The molecule has 14 heteroatoms. The molecule has 3 aliphatic rings. The van der Waals surface area contributed by atoms with Gasteiger partial charge in [-0.15, -0.1) is 11.3 Å². The van der Waals surface area contributed by atoms with Crippen molar-refractivity contribution in [2.75, 3.05) is 50.7 Å². The van der Waals surface area contributed by atoms with Crippen LogP contribution >= 0.6 is 34.6 Å². The minimum absolute atomic E-state index is 0.132. The quantitative estimate of drug-likeness (QED) is 0.117. The summed E-state index contributed by atoms with van der Waals surface area (Å²) in [6, 6.07) is 5.60. The Hall–Kier alpha value is -2.98. The van der Waals surface area contributed by atoms with E-state index >= 15 is 4.39 Å². The summed E-state index contributed by atoms with van der Waals surface area (Å²) in [6.07, 6.45) is 10.2. The molecular weight excluding hydrogens is 708 g/mol. The van der Waals surface area contributed by atoms with Crippen LogP contribution in [0.15, 0.2) is 29.6 Å². The Balaban J connectivity index is 1.22. The summed E-state index contributed by atoms with van der Waals surface area (Å²) in [5.41, 5.74) is 2.81. The van der Waals surface area contributed by atoms with E-state index in [0.717, 1.165) is 110 Å². The molecule has 3 atom stereocenters. The molecule has 4 aromatic heterocycles. The van der Waals surface area contributed by atoms with E-state index in [1.165, 1.54) is 23.3 Å². The molecule has 0 aliphatic carbocycles. The molecule has 6 aromatic rings. The Morgan fingerprint density at radius 3 is 2.71 bits per heavy atom. The highest BCUT2D eigenvalue weighted by molar-refractivity contribution is 7.98. The summed E-state index contributed by atoms with van der Waals surface area (Å²) in [7, 11) is 0. The number of fused-ring (bicyclic) bond motifs is 5. The fraction of sp³-hybridized carbons (Fsp3) is 0.514. The molecule has 0 saturated carbocycles. The van der Waals surface area contributed by atoms with Gasteiger partial charge in [-0.1, -0.05) is 24.8 Å². The Bertz CT molecular complexity index is 2240. The van der Waals surface area contributed by atoms with Crippen LogP contribution in [0.25, 0.3) is 52.5 Å². The first kappa shape index (κ1) is 33.8. The van der Waals surface area contributed by atoms with Gasteiger partial charge in [0.2, 0.25) is 0 Å². The molecule has 0 bridgehead atoms. The lowest BCUT2D eigenvalue weighted by molar-refractivity contribution is -0.227. The Kier molecular flexibility index (Phi) is 9.14. The van der Waals surface area contributed by atoms with E-state index < -0.39 is 5.60 Å². The van der Waals surface area contributed by atoms with Crippen molar-refractivity contribution in [3.8, 4) is 11.3 Å². The van der Waals surface area contributed by atoms with Crippen LogP contribution < -0.4 is 4.90 Å². The number of hydrogen-bond acceptors (Lipinski definition) is 12. The van der Waals surface area contributed by atoms with Crippen LogP contribution in [0.2, 0.25) is 0 Å². The summed E-state index contributed by atoms with van der Waals surface area (Å²) in [4.78, 5) is 13.4. The van der Waals surface area contributed by atoms with Gasteiger partial charge < -0.3 is 23.8 Å².